The fraction of sp³-hybridized carbons (Fsp3) is 0.800. The van der Waals surface area contributed by atoms with Crippen LogP contribution in [0.15, 0.2) is 0 Å². The molecule has 0 aliphatic carbocycles. The second-order valence-electron chi connectivity index (χ2n) is 6.77. The molecule has 20 heavy (non-hydrogen) atoms. The Balaban J connectivity index is 2.61. The van der Waals surface area contributed by atoms with Gasteiger partial charge >= 0.3 is 6.16 Å². The molecule has 1 aliphatic rings. The van der Waals surface area contributed by atoms with Gasteiger partial charge in [0.25, 0.3) is 5.79 Å². The molecule has 1 fully saturated rings. The second-order valence-corrected chi connectivity index (χ2v) is 11.8. The lowest BCUT2D eigenvalue weighted by atomic mass is 10.1. The normalized spacial score (nSPS) is 22.8. The van der Waals surface area contributed by atoms with Crippen LogP contribution in [0.5, 0.6) is 0 Å². The van der Waals surface area contributed by atoms with E-state index in [0.29, 0.717) is 6.42 Å². The molecule has 0 amide bonds. The fourth-order valence-electron chi connectivity index (χ4n) is 1.64. The fourth-order valence-corrected chi connectivity index (χ4v) is 2.53. The number of carbonyl (C=O) groups excluding carboxylic acids is 1. The van der Waals surface area contributed by atoms with Crippen molar-refractivity contribution in [3.05, 3.63) is 0 Å². The van der Waals surface area contributed by atoms with Gasteiger partial charge in [0.05, 0.1) is 0 Å². The van der Waals surface area contributed by atoms with E-state index in [4.69, 9.17) is 14.2 Å². The summed E-state index contributed by atoms with van der Waals surface area (Å²) in [5.41, 5.74) is 3.38. The maximum atomic E-state index is 11.1. The summed E-state index contributed by atoms with van der Waals surface area (Å²) in [7, 11) is -1.62. The second kappa shape index (κ2) is 6.19. The van der Waals surface area contributed by atoms with Gasteiger partial charge in [-0.05, 0) is 11.5 Å². The van der Waals surface area contributed by atoms with Crippen molar-refractivity contribution in [1.29, 1.82) is 0 Å². The SMILES string of the molecule is CCCC1(OCC#C[Si](C)(C)C(C)(C)C)COC(=O)O1. The first-order chi connectivity index (χ1) is 9.12. The van der Waals surface area contributed by atoms with Crippen LogP contribution in [-0.4, -0.2) is 33.2 Å². The molecule has 1 aliphatic heterocycles. The summed E-state index contributed by atoms with van der Waals surface area (Å²) in [4.78, 5) is 11.1. The minimum atomic E-state index is -1.62. The van der Waals surface area contributed by atoms with Gasteiger partial charge in [-0.1, -0.05) is 46.7 Å². The summed E-state index contributed by atoms with van der Waals surface area (Å²) >= 11 is 0. The molecule has 4 nitrogen and oxygen atoms in total. The molecule has 0 saturated carbocycles. The van der Waals surface area contributed by atoms with Crippen molar-refractivity contribution in [3.8, 4) is 11.5 Å². The molecule has 1 unspecified atom stereocenters. The predicted octanol–water partition coefficient (Wildman–Crippen LogP) is 3.72. The Bertz CT molecular complexity index is 414. The molecular weight excluding hydrogens is 272 g/mol. The van der Waals surface area contributed by atoms with Gasteiger partial charge in [0.1, 0.15) is 14.7 Å². The van der Waals surface area contributed by atoms with Crippen LogP contribution in [0.2, 0.25) is 18.1 Å². The molecule has 0 bridgehead atoms. The molecule has 1 saturated heterocycles. The lowest BCUT2D eigenvalue weighted by molar-refractivity contribution is -0.175. The van der Waals surface area contributed by atoms with Crippen molar-refractivity contribution in [2.75, 3.05) is 13.2 Å². The summed E-state index contributed by atoms with van der Waals surface area (Å²) < 4.78 is 15.7. The van der Waals surface area contributed by atoms with Crippen molar-refractivity contribution >= 4 is 14.2 Å². The van der Waals surface area contributed by atoms with Crippen LogP contribution in [0, 0.1) is 11.5 Å². The van der Waals surface area contributed by atoms with Gasteiger partial charge < -0.3 is 14.2 Å². The zero-order valence-corrected chi connectivity index (χ0v) is 14.5. The highest BCUT2D eigenvalue weighted by Gasteiger charge is 2.42. The smallest absolute Gasteiger partial charge is 0.427 e. The highest BCUT2D eigenvalue weighted by molar-refractivity contribution is 6.87. The molecule has 114 valence electrons. The van der Waals surface area contributed by atoms with E-state index in [9.17, 15) is 4.79 Å². The average molecular weight is 298 g/mol. The number of carbonyl (C=O) groups is 1. The van der Waals surface area contributed by atoms with Gasteiger partial charge in [-0.25, -0.2) is 4.79 Å². The van der Waals surface area contributed by atoms with E-state index in [1.54, 1.807) is 0 Å². The van der Waals surface area contributed by atoms with Crippen LogP contribution in [0.25, 0.3) is 0 Å². The Kier molecular flexibility index (Phi) is 5.28. The number of hydrogen-bond acceptors (Lipinski definition) is 4. The van der Waals surface area contributed by atoms with Gasteiger partial charge in [-0.3, -0.25) is 0 Å². The molecule has 1 atom stereocenters. The molecule has 5 heteroatoms. The van der Waals surface area contributed by atoms with E-state index >= 15 is 0 Å². The van der Waals surface area contributed by atoms with Gasteiger partial charge in [-0.2, -0.15) is 0 Å². The van der Waals surface area contributed by atoms with Gasteiger partial charge in [0.15, 0.2) is 6.61 Å². The van der Waals surface area contributed by atoms with Crippen molar-refractivity contribution in [2.45, 2.75) is 64.5 Å². The minimum Gasteiger partial charge on any atom is -0.427 e. The summed E-state index contributed by atoms with van der Waals surface area (Å²) in [5.74, 6) is 2.16. The van der Waals surface area contributed by atoms with Crippen LogP contribution in [0.1, 0.15) is 40.5 Å². The molecule has 1 rings (SSSR count). The van der Waals surface area contributed by atoms with Crippen molar-refractivity contribution in [3.63, 3.8) is 0 Å². The lowest BCUT2D eigenvalue weighted by Gasteiger charge is -2.31. The number of cyclic esters (lactones) is 2. The van der Waals surface area contributed by atoms with E-state index in [0.717, 1.165) is 6.42 Å². The Hall–Kier alpha value is -0.993. The Labute approximate surface area is 123 Å². The zero-order valence-electron chi connectivity index (χ0n) is 13.5. The number of ether oxygens (including phenoxy) is 3. The molecule has 0 spiro atoms. The molecular formula is C15H26O4Si. The highest BCUT2D eigenvalue weighted by atomic mass is 28.3. The first kappa shape index (κ1) is 17.1. The van der Waals surface area contributed by atoms with E-state index in [-0.39, 0.29) is 18.3 Å². The summed E-state index contributed by atoms with van der Waals surface area (Å²) in [6.07, 6.45) is 0.822. The van der Waals surface area contributed by atoms with Gasteiger partial charge in [-0.15, -0.1) is 5.54 Å². The Morgan fingerprint density at radius 3 is 2.50 bits per heavy atom. The predicted molar refractivity (Wildman–Crippen MR) is 81.0 cm³/mol. The van der Waals surface area contributed by atoms with Crippen LogP contribution >= 0.6 is 0 Å². The lowest BCUT2D eigenvalue weighted by Crippen LogP contribution is -2.37. The van der Waals surface area contributed by atoms with E-state index in [2.05, 4.69) is 45.3 Å². The Morgan fingerprint density at radius 1 is 1.40 bits per heavy atom. The van der Waals surface area contributed by atoms with E-state index in [1.165, 1.54) is 0 Å². The monoisotopic (exact) mass is 298 g/mol. The van der Waals surface area contributed by atoms with E-state index in [1.807, 2.05) is 6.92 Å². The third kappa shape index (κ3) is 4.25. The molecule has 0 aromatic rings. The third-order valence-corrected chi connectivity index (χ3v) is 8.55. The molecule has 0 radical (unpaired) electrons. The first-order valence-electron chi connectivity index (χ1n) is 7.12. The third-order valence-electron chi connectivity index (χ3n) is 3.99. The molecule has 0 aromatic carbocycles. The summed E-state index contributed by atoms with van der Waals surface area (Å²) in [5, 5.41) is 0.226. The van der Waals surface area contributed by atoms with Crippen molar-refractivity contribution in [1.82, 2.24) is 0 Å². The maximum Gasteiger partial charge on any atom is 0.511 e. The van der Waals surface area contributed by atoms with Crippen LogP contribution in [0.3, 0.4) is 0 Å². The van der Waals surface area contributed by atoms with Crippen LogP contribution in [-0.2, 0) is 14.2 Å². The standard InChI is InChI=1S/C15H26O4Si/c1-7-9-15(12-17-13(16)19-15)18-10-8-11-20(5,6)14(2,3)4/h7,9-10,12H2,1-6H3. The molecule has 0 N–H and O–H groups in total. The van der Waals surface area contributed by atoms with Crippen molar-refractivity contribution in [2.24, 2.45) is 0 Å². The molecule has 0 aromatic heterocycles. The molecule has 1 heterocycles. The average Bonchev–Trinajstić information content (AvgIpc) is 2.66. The topological polar surface area (TPSA) is 44.8 Å². The first-order valence-corrected chi connectivity index (χ1v) is 10.1. The number of hydrogen-bond donors (Lipinski definition) is 0. The summed E-state index contributed by atoms with van der Waals surface area (Å²) in [6, 6.07) is 0. The summed E-state index contributed by atoms with van der Waals surface area (Å²) in [6.45, 7) is 13.6. The van der Waals surface area contributed by atoms with E-state index < -0.39 is 20.0 Å². The highest BCUT2D eigenvalue weighted by Crippen LogP contribution is 2.35. The van der Waals surface area contributed by atoms with Gasteiger partial charge in [0.2, 0.25) is 0 Å². The zero-order chi connectivity index (χ0) is 15.4. The quantitative estimate of drug-likeness (QED) is 0.451. The van der Waals surface area contributed by atoms with Crippen molar-refractivity contribution < 1.29 is 19.0 Å². The Morgan fingerprint density at radius 2 is 2.05 bits per heavy atom. The number of rotatable bonds is 4. The maximum absolute atomic E-state index is 11.1. The van der Waals surface area contributed by atoms with Crippen LogP contribution < -0.4 is 0 Å². The van der Waals surface area contributed by atoms with Crippen LogP contribution in [0.4, 0.5) is 4.79 Å². The largest absolute Gasteiger partial charge is 0.511 e. The minimum absolute atomic E-state index is 0.154. The van der Waals surface area contributed by atoms with Gasteiger partial charge in [0, 0.05) is 6.42 Å².